The van der Waals surface area contributed by atoms with Gasteiger partial charge >= 0.3 is 0 Å². The van der Waals surface area contributed by atoms with E-state index in [1.165, 1.54) is 32.4 Å². The van der Waals surface area contributed by atoms with Gasteiger partial charge in [-0.2, -0.15) is 0 Å². The lowest BCUT2D eigenvalue weighted by atomic mass is 9.98. The van der Waals surface area contributed by atoms with Crippen LogP contribution in [0, 0.1) is 6.92 Å². The number of halogens is 1. The minimum atomic E-state index is 0. The smallest absolute Gasteiger partial charge is 0.191 e. The number of hydrogen-bond acceptors (Lipinski definition) is 3. The van der Waals surface area contributed by atoms with Crippen LogP contribution in [0.15, 0.2) is 23.2 Å². The fourth-order valence-corrected chi connectivity index (χ4v) is 3.00. The van der Waals surface area contributed by atoms with E-state index >= 15 is 0 Å². The Bertz CT molecular complexity index is 524. The zero-order valence-electron chi connectivity index (χ0n) is 15.4. The molecule has 0 unspecified atom stereocenters. The lowest BCUT2D eigenvalue weighted by molar-refractivity contribution is 0.0982. The molecule has 0 radical (unpaired) electrons. The van der Waals surface area contributed by atoms with Crippen molar-refractivity contribution in [2.24, 2.45) is 4.99 Å². The molecule has 1 aromatic rings. The molecule has 6 heteroatoms. The normalized spacial score (nSPS) is 16.4. The predicted molar refractivity (Wildman–Crippen MR) is 112 cm³/mol. The summed E-state index contributed by atoms with van der Waals surface area (Å²) in [6.45, 7) is 10.6. The van der Waals surface area contributed by atoms with Gasteiger partial charge in [0.2, 0.25) is 0 Å². The second-order valence-electron chi connectivity index (χ2n) is 6.91. The summed E-state index contributed by atoms with van der Waals surface area (Å²) in [4.78, 5) is 11.4. The molecule has 2 rings (SSSR count). The third-order valence-electron chi connectivity index (χ3n) is 4.51. The summed E-state index contributed by atoms with van der Waals surface area (Å²) in [5.41, 5.74) is 2.21. The van der Waals surface area contributed by atoms with E-state index in [-0.39, 0.29) is 29.5 Å². The highest BCUT2D eigenvalue weighted by molar-refractivity contribution is 14.0. The monoisotopic (exact) mass is 445 g/mol. The highest BCUT2D eigenvalue weighted by atomic mass is 127. The van der Waals surface area contributed by atoms with Gasteiger partial charge in [-0.3, -0.25) is 14.9 Å². The molecule has 1 saturated heterocycles. The summed E-state index contributed by atoms with van der Waals surface area (Å²) in [6.07, 6.45) is 4.00. The number of nitrogens with zero attached hydrogens (tertiary/aromatic N) is 3. The first-order chi connectivity index (χ1) is 11.0. The maximum absolute atomic E-state index is 4.51. The van der Waals surface area contributed by atoms with Crippen LogP contribution in [0.3, 0.4) is 0 Å². The largest absolute Gasteiger partial charge is 0.355 e. The molecule has 0 aromatic carbocycles. The van der Waals surface area contributed by atoms with E-state index < -0.39 is 0 Å². The molecular weight excluding hydrogens is 413 g/mol. The molecule has 0 saturated carbocycles. The van der Waals surface area contributed by atoms with Gasteiger partial charge in [0, 0.05) is 24.8 Å². The van der Waals surface area contributed by atoms with Crippen LogP contribution in [0.5, 0.6) is 0 Å². The number of likely N-dealkylation sites (tertiary alicyclic amines) is 1. The maximum Gasteiger partial charge on any atom is 0.191 e. The van der Waals surface area contributed by atoms with Crippen LogP contribution >= 0.6 is 24.0 Å². The van der Waals surface area contributed by atoms with E-state index in [2.05, 4.69) is 39.4 Å². The fraction of sp³-hybridized carbons (Fsp3) is 0.667. The van der Waals surface area contributed by atoms with Gasteiger partial charge in [0.15, 0.2) is 5.96 Å². The van der Waals surface area contributed by atoms with Gasteiger partial charge in [-0.25, -0.2) is 0 Å². The van der Waals surface area contributed by atoms with Crippen molar-refractivity contribution in [3.8, 4) is 0 Å². The summed E-state index contributed by atoms with van der Waals surface area (Å²) in [5, 5.41) is 6.81. The summed E-state index contributed by atoms with van der Waals surface area (Å²) >= 11 is 0. The van der Waals surface area contributed by atoms with Crippen molar-refractivity contribution >= 4 is 29.9 Å². The predicted octanol–water partition coefficient (Wildman–Crippen LogP) is 2.94. The summed E-state index contributed by atoms with van der Waals surface area (Å²) in [5.74, 6) is 0.832. The summed E-state index contributed by atoms with van der Waals surface area (Å²) in [7, 11) is 1.81. The minimum absolute atomic E-state index is 0. The van der Waals surface area contributed by atoms with E-state index in [1.54, 1.807) is 0 Å². The highest BCUT2D eigenvalue weighted by Crippen LogP contribution is 2.19. The molecule has 0 amide bonds. The van der Waals surface area contributed by atoms with E-state index in [0.29, 0.717) is 6.54 Å². The highest BCUT2D eigenvalue weighted by Gasteiger charge is 2.27. The number of piperidine rings is 1. The second kappa shape index (κ2) is 10.2. The van der Waals surface area contributed by atoms with Crippen LogP contribution in [0.4, 0.5) is 0 Å². The van der Waals surface area contributed by atoms with Gasteiger partial charge in [-0.15, -0.1) is 24.0 Å². The molecule has 0 bridgehead atoms. The Morgan fingerprint density at radius 1 is 1.21 bits per heavy atom. The fourth-order valence-electron chi connectivity index (χ4n) is 3.00. The van der Waals surface area contributed by atoms with E-state index in [4.69, 9.17) is 0 Å². The van der Waals surface area contributed by atoms with Gasteiger partial charge < -0.3 is 10.6 Å². The number of guanidine groups is 1. The van der Waals surface area contributed by atoms with Crippen molar-refractivity contribution in [2.75, 3.05) is 26.7 Å². The van der Waals surface area contributed by atoms with Crippen LogP contribution in [0.25, 0.3) is 0 Å². The number of aliphatic imine (C=N–C) groups is 1. The molecule has 1 aromatic heterocycles. The molecule has 1 aliphatic heterocycles. The van der Waals surface area contributed by atoms with Gasteiger partial charge in [0.25, 0.3) is 0 Å². The first kappa shape index (κ1) is 21.2. The molecule has 2 N–H and O–H groups in total. The molecule has 5 nitrogen and oxygen atoms in total. The molecule has 0 aliphatic carbocycles. The van der Waals surface area contributed by atoms with Crippen molar-refractivity contribution in [3.05, 3.63) is 29.6 Å². The average molecular weight is 445 g/mol. The van der Waals surface area contributed by atoms with Gasteiger partial charge in [0.1, 0.15) is 0 Å². The SMILES string of the molecule is CN=C(NCc1cccc(C)n1)NCC(C)(C)N1CCCCC1.I. The summed E-state index contributed by atoms with van der Waals surface area (Å²) in [6, 6.07) is 6.08. The van der Waals surface area contributed by atoms with Gasteiger partial charge in [-0.05, 0) is 58.8 Å². The number of nitrogens with one attached hydrogen (secondary N) is 2. The third kappa shape index (κ3) is 6.55. The van der Waals surface area contributed by atoms with Crippen molar-refractivity contribution < 1.29 is 0 Å². The Morgan fingerprint density at radius 3 is 2.54 bits per heavy atom. The lowest BCUT2D eigenvalue weighted by Crippen LogP contribution is -2.54. The molecule has 1 aliphatic rings. The van der Waals surface area contributed by atoms with Crippen molar-refractivity contribution in [1.82, 2.24) is 20.5 Å². The maximum atomic E-state index is 4.51. The quantitative estimate of drug-likeness (QED) is 0.416. The van der Waals surface area contributed by atoms with Crippen LogP contribution in [-0.2, 0) is 6.54 Å². The topological polar surface area (TPSA) is 52.6 Å². The first-order valence-corrected chi connectivity index (χ1v) is 8.63. The molecule has 1 fully saturated rings. The molecule has 136 valence electrons. The molecule has 2 heterocycles. The average Bonchev–Trinajstić information content (AvgIpc) is 2.56. The lowest BCUT2D eigenvalue weighted by Gasteiger charge is -2.41. The zero-order chi connectivity index (χ0) is 16.7. The second-order valence-corrected chi connectivity index (χ2v) is 6.91. The molecule has 0 spiro atoms. The van der Waals surface area contributed by atoms with E-state index in [0.717, 1.165) is 23.9 Å². The van der Waals surface area contributed by atoms with Crippen molar-refractivity contribution in [2.45, 2.75) is 52.1 Å². The standard InChI is InChI=1S/C18H31N5.HI/c1-15-9-8-10-16(22-15)13-20-17(19-4)21-14-18(2,3)23-11-6-5-7-12-23;/h8-10H,5-7,11-14H2,1-4H3,(H2,19,20,21);1H. The van der Waals surface area contributed by atoms with E-state index in [9.17, 15) is 0 Å². The van der Waals surface area contributed by atoms with Crippen LogP contribution in [-0.4, -0.2) is 48.1 Å². The van der Waals surface area contributed by atoms with Gasteiger partial charge in [0.05, 0.1) is 12.2 Å². The van der Waals surface area contributed by atoms with Crippen LogP contribution < -0.4 is 10.6 Å². The number of pyridine rings is 1. The van der Waals surface area contributed by atoms with Crippen molar-refractivity contribution in [1.29, 1.82) is 0 Å². The van der Waals surface area contributed by atoms with Crippen LogP contribution in [0.2, 0.25) is 0 Å². The number of rotatable bonds is 5. The first-order valence-electron chi connectivity index (χ1n) is 8.63. The Balaban J connectivity index is 0.00000288. The van der Waals surface area contributed by atoms with Gasteiger partial charge in [-0.1, -0.05) is 12.5 Å². The number of hydrogen-bond donors (Lipinski definition) is 2. The molecule has 0 atom stereocenters. The third-order valence-corrected chi connectivity index (χ3v) is 4.51. The number of aryl methyl sites for hydroxylation is 1. The van der Waals surface area contributed by atoms with Crippen molar-refractivity contribution in [3.63, 3.8) is 0 Å². The number of aromatic nitrogens is 1. The summed E-state index contributed by atoms with van der Waals surface area (Å²) < 4.78 is 0. The minimum Gasteiger partial charge on any atom is -0.355 e. The Kier molecular flexibility index (Phi) is 8.97. The van der Waals surface area contributed by atoms with Crippen LogP contribution in [0.1, 0.15) is 44.5 Å². The Labute approximate surface area is 163 Å². The molecular formula is C18H32IN5. The Hall–Kier alpha value is -0.890. The zero-order valence-corrected chi connectivity index (χ0v) is 17.8. The Morgan fingerprint density at radius 2 is 1.92 bits per heavy atom. The van der Waals surface area contributed by atoms with E-state index in [1.807, 2.05) is 32.2 Å². The molecule has 24 heavy (non-hydrogen) atoms.